The summed E-state index contributed by atoms with van der Waals surface area (Å²) in [5.41, 5.74) is 3.36. The second-order valence-electron chi connectivity index (χ2n) is 7.74. The van der Waals surface area contributed by atoms with Gasteiger partial charge in [-0.05, 0) is 64.3 Å². The lowest BCUT2D eigenvalue weighted by Crippen LogP contribution is -2.51. The maximum Gasteiger partial charge on any atom is 0.253 e. The number of nitrogens with zero attached hydrogens (tertiary/aromatic N) is 3. The Kier molecular flexibility index (Phi) is 4.69. The number of likely N-dealkylation sites (tertiary alicyclic amines) is 1. The van der Waals surface area contributed by atoms with Gasteiger partial charge in [-0.2, -0.15) is 5.10 Å². The molecule has 0 aliphatic carbocycles. The van der Waals surface area contributed by atoms with Crippen LogP contribution < -0.4 is 0 Å². The Bertz CT molecular complexity index is 750. The van der Waals surface area contributed by atoms with Crippen molar-refractivity contribution in [3.63, 3.8) is 0 Å². The fraction of sp³-hybridized carbons (Fsp3) is 0.500. The van der Waals surface area contributed by atoms with Crippen LogP contribution in [-0.2, 0) is 6.42 Å². The SMILES string of the molecule is Cc1cc(C)n(C2CN(C(=O)c3ccc(CCC(C)(C)O)cc3)C2)n1. The van der Waals surface area contributed by atoms with Gasteiger partial charge < -0.3 is 10.0 Å². The van der Waals surface area contributed by atoms with Gasteiger partial charge in [0, 0.05) is 24.3 Å². The van der Waals surface area contributed by atoms with Crippen molar-refractivity contribution in [2.75, 3.05) is 13.1 Å². The summed E-state index contributed by atoms with van der Waals surface area (Å²) in [6, 6.07) is 10.1. The molecule has 1 aliphatic rings. The first-order valence-electron chi connectivity index (χ1n) is 8.86. The van der Waals surface area contributed by atoms with Gasteiger partial charge in [-0.1, -0.05) is 12.1 Å². The smallest absolute Gasteiger partial charge is 0.253 e. The van der Waals surface area contributed by atoms with E-state index in [1.807, 2.05) is 54.6 Å². The highest BCUT2D eigenvalue weighted by Gasteiger charge is 2.33. The average Bonchev–Trinajstić information content (AvgIpc) is 2.82. The fourth-order valence-corrected chi connectivity index (χ4v) is 3.24. The van der Waals surface area contributed by atoms with Gasteiger partial charge in [-0.15, -0.1) is 0 Å². The summed E-state index contributed by atoms with van der Waals surface area (Å²) < 4.78 is 2.03. The average molecular weight is 341 g/mol. The van der Waals surface area contributed by atoms with Crippen molar-refractivity contribution < 1.29 is 9.90 Å². The fourth-order valence-electron chi connectivity index (χ4n) is 3.24. The maximum absolute atomic E-state index is 12.6. The molecule has 1 saturated heterocycles. The van der Waals surface area contributed by atoms with E-state index in [4.69, 9.17) is 0 Å². The lowest BCUT2D eigenvalue weighted by Gasteiger charge is -2.39. The number of carbonyl (C=O) groups is 1. The van der Waals surface area contributed by atoms with Crippen molar-refractivity contribution in [1.29, 1.82) is 0 Å². The molecule has 0 radical (unpaired) electrons. The molecular weight excluding hydrogens is 314 g/mol. The van der Waals surface area contributed by atoms with Gasteiger partial charge in [-0.3, -0.25) is 9.48 Å². The minimum atomic E-state index is -0.663. The molecule has 0 saturated carbocycles. The van der Waals surface area contributed by atoms with E-state index >= 15 is 0 Å². The zero-order valence-corrected chi connectivity index (χ0v) is 15.5. The number of hydrogen-bond donors (Lipinski definition) is 1. The molecule has 5 heteroatoms. The van der Waals surface area contributed by atoms with Crippen molar-refractivity contribution >= 4 is 5.91 Å². The van der Waals surface area contributed by atoms with Gasteiger partial charge >= 0.3 is 0 Å². The summed E-state index contributed by atoms with van der Waals surface area (Å²) in [4.78, 5) is 14.4. The largest absolute Gasteiger partial charge is 0.390 e. The van der Waals surface area contributed by atoms with Crippen LogP contribution in [0, 0.1) is 13.8 Å². The van der Waals surface area contributed by atoms with E-state index in [1.165, 1.54) is 0 Å². The molecule has 1 fully saturated rings. The first kappa shape index (κ1) is 17.7. The third-order valence-electron chi connectivity index (χ3n) is 4.77. The van der Waals surface area contributed by atoms with E-state index in [9.17, 15) is 9.90 Å². The van der Waals surface area contributed by atoms with E-state index in [1.54, 1.807) is 0 Å². The second kappa shape index (κ2) is 6.64. The summed E-state index contributed by atoms with van der Waals surface area (Å²) in [5, 5.41) is 14.3. The Labute approximate surface area is 149 Å². The summed E-state index contributed by atoms with van der Waals surface area (Å²) in [6.45, 7) is 9.09. The summed E-state index contributed by atoms with van der Waals surface area (Å²) in [7, 11) is 0. The van der Waals surface area contributed by atoms with Crippen LogP contribution in [-0.4, -0.2) is 44.4 Å². The van der Waals surface area contributed by atoms with Crippen LogP contribution in [0.3, 0.4) is 0 Å². The quantitative estimate of drug-likeness (QED) is 0.910. The van der Waals surface area contributed by atoms with Crippen LogP contribution in [0.5, 0.6) is 0 Å². The molecule has 0 bridgehead atoms. The van der Waals surface area contributed by atoms with Crippen molar-refractivity contribution in [2.24, 2.45) is 0 Å². The zero-order chi connectivity index (χ0) is 18.2. The van der Waals surface area contributed by atoms with Gasteiger partial charge in [0.2, 0.25) is 0 Å². The van der Waals surface area contributed by atoms with Crippen LogP contribution >= 0.6 is 0 Å². The molecular formula is C20H27N3O2. The monoisotopic (exact) mass is 341 g/mol. The number of aryl methyl sites for hydroxylation is 3. The number of benzene rings is 1. The zero-order valence-electron chi connectivity index (χ0n) is 15.5. The Morgan fingerprint density at radius 2 is 1.88 bits per heavy atom. The molecule has 25 heavy (non-hydrogen) atoms. The lowest BCUT2D eigenvalue weighted by atomic mass is 9.98. The minimum Gasteiger partial charge on any atom is -0.390 e. The molecule has 5 nitrogen and oxygen atoms in total. The van der Waals surface area contributed by atoms with Crippen molar-refractivity contribution in [3.05, 3.63) is 52.8 Å². The van der Waals surface area contributed by atoms with Crippen LogP contribution in [0.1, 0.15) is 53.6 Å². The second-order valence-corrected chi connectivity index (χ2v) is 7.74. The van der Waals surface area contributed by atoms with Gasteiger partial charge in [-0.25, -0.2) is 0 Å². The van der Waals surface area contributed by atoms with Crippen molar-refractivity contribution in [2.45, 2.75) is 52.2 Å². The highest BCUT2D eigenvalue weighted by Crippen LogP contribution is 2.25. The number of rotatable bonds is 5. The normalized spacial score (nSPS) is 15.3. The Hall–Kier alpha value is -2.14. The van der Waals surface area contributed by atoms with E-state index in [2.05, 4.69) is 18.1 Å². The van der Waals surface area contributed by atoms with Crippen LogP contribution in [0.15, 0.2) is 30.3 Å². The highest BCUT2D eigenvalue weighted by molar-refractivity contribution is 5.94. The van der Waals surface area contributed by atoms with Crippen LogP contribution in [0.25, 0.3) is 0 Å². The molecule has 134 valence electrons. The number of aromatic nitrogens is 2. The summed E-state index contributed by atoms with van der Waals surface area (Å²) >= 11 is 0. The van der Waals surface area contributed by atoms with E-state index in [-0.39, 0.29) is 11.9 Å². The third kappa shape index (κ3) is 4.10. The third-order valence-corrected chi connectivity index (χ3v) is 4.77. The maximum atomic E-state index is 12.6. The summed E-state index contributed by atoms with van der Waals surface area (Å²) in [5.74, 6) is 0.0758. The molecule has 2 aromatic rings. The predicted octanol–water partition coefficient (Wildman–Crippen LogP) is 2.90. The molecule has 0 spiro atoms. The molecule has 0 unspecified atom stereocenters. The van der Waals surface area contributed by atoms with E-state index in [0.717, 1.165) is 28.9 Å². The molecule has 2 heterocycles. The summed E-state index contributed by atoms with van der Waals surface area (Å²) in [6.07, 6.45) is 1.51. The standard InChI is InChI=1S/C20H27N3O2/c1-14-11-15(2)23(21-14)18-12-22(13-18)19(24)17-7-5-16(6-8-17)9-10-20(3,4)25/h5-8,11,18,25H,9-10,12-13H2,1-4H3. The van der Waals surface area contributed by atoms with Gasteiger partial charge in [0.1, 0.15) is 0 Å². The molecule has 1 amide bonds. The molecule has 1 aliphatic heterocycles. The first-order valence-corrected chi connectivity index (χ1v) is 8.86. The van der Waals surface area contributed by atoms with E-state index < -0.39 is 5.60 Å². The van der Waals surface area contributed by atoms with Crippen molar-refractivity contribution in [1.82, 2.24) is 14.7 Å². The van der Waals surface area contributed by atoms with Gasteiger partial charge in [0.15, 0.2) is 0 Å². The van der Waals surface area contributed by atoms with Gasteiger partial charge in [0.05, 0.1) is 17.3 Å². The molecule has 0 atom stereocenters. The topological polar surface area (TPSA) is 58.4 Å². The van der Waals surface area contributed by atoms with Gasteiger partial charge in [0.25, 0.3) is 5.91 Å². The van der Waals surface area contributed by atoms with E-state index in [0.29, 0.717) is 19.5 Å². The molecule has 3 rings (SSSR count). The minimum absolute atomic E-state index is 0.0758. The van der Waals surface area contributed by atoms with Crippen molar-refractivity contribution in [3.8, 4) is 0 Å². The highest BCUT2D eigenvalue weighted by atomic mass is 16.3. The molecule has 1 aromatic carbocycles. The Morgan fingerprint density at radius 1 is 1.24 bits per heavy atom. The predicted molar refractivity (Wildman–Crippen MR) is 97.7 cm³/mol. The first-order chi connectivity index (χ1) is 11.7. The van der Waals surface area contributed by atoms with Crippen LogP contribution in [0.4, 0.5) is 0 Å². The molecule has 1 aromatic heterocycles. The Balaban J connectivity index is 1.57. The van der Waals surface area contributed by atoms with Crippen LogP contribution in [0.2, 0.25) is 0 Å². The lowest BCUT2D eigenvalue weighted by molar-refractivity contribution is 0.0497. The Morgan fingerprint density at radius 3 is 2.40 bits per heavy atom. The number of aliphatic hydroxyl groups is 1. The number of amides is 1. The molecule has 1 N–H and O–H groups in total. The number of hydrogen-bond acceptors (Lipinski definition) is 3. The number of carbonyl (C=O) groups excluding carboxylic acids is 1.